The molecule has 0 saturated heterocycles. The number of rotatable bonds is 7. The molecule has 4 heterocycles. The number of hydrogen-bond acceptors (Lipinski definition) is 2. The molecule has 0 amide bonds. The van der Waals surface area contributed by atoms with E-state index in [9.17, 15) is 0 Å². The van der Waals surface area contributed by atoms with Crippen LogP contribution in [0.1, 0.15) is 11.4 Å². The zero-order chi connectivity index (χ0) is 19.0. The molecule has 138 valence electrons. The molecule has 0 radical (unpaired) electrons. The van der Waals surface area contributed by atoms with Gasteiger partial charge in [0.05, 0.1) is 0 Å². The zero-order valence-corrected chi connectivity index (χ0v) is 15.9. The van der Waals surface area contributed by atoms with E-state index in [1.165, 1.54) is 11.1 Å². The summed E-state index contributed by atoms with van der Waals surface area (Å²) < 4.78 is 4.41. The van der Waals surface area contributed by atoms with E-state index in [2.05, 4.69) is 80.3 Å². The van der Waals surface area contributed by atoms with Crippen LogP contribution in [0.4, 0.5) is 0 Å². The topological polar surface area (TPSA) is 33.5 Å². The summed E-state index contributed by atoms with van der Waals surface area (Å²) >= 11 is 0. The fourth-order valence-corrected chi connectivity index (χ4v) is 3.18. The molecule has 4 rings (SSSR count). The lowest BCUT2D eigenvalue weighted by Gasteiger charge is -2.02. The van der Waals surface area contributed by atoms with Crippen LogP contribution in [0, 0.1) is 0 Å². The van der Waals surface area contributed by atoms with Gasteiger partial charge in [0.15, 0.2) is 37.9 Å². The highest BCUT2D eigenvalue weighted by Crippen LogP contribution is 2.15. The summed E-state index contributed by atoms with van der Waals surface area (Å²) in [6.07, 6.45) is 14.1. The van der Waals surface area contributed by atoms with Crippen LogP contribution < -0.4 is 9.13 Å². The molecule has 4 aromatic heterocycles. The lowest BCUT2D eigenvalue weighted by Crippen LogP contribution is -2.34. The van der Waals surface area contributed by atoms with Crippen LogP contribution in [0.15, 0.2) is 97.8 Å². The van der Waals surface area contributed by atoms with E-state index in [4.69, 9.17) is 0 Å². The maximum absolute atomic E-state index is 4.38. The molecule has 0 aliphatic rings. The normalized spacial score (nSPS) is 10.7. The number of aromatic nitrogens is 4. The fourth-order valence-electron chi connectivity index (χ4n) is 3.18. The number of hydrogen-bond donors (Lipinski definition) is 0. The Hall–Kier alpha value is -3.40. The van der Waals surface area contributed by atoms with Gasteiger partial charge < -0.3 is 0 Å². The molecular weight excluding hydrogens is 344 g/mol. The third kappa shape index (κ3) is 4.86. The minimum atomic E-state index is 0.930. The van der Waals surface area contributed by atoms with Crippen LogP contribution in [0.25, 0.3) is 11.1 Å². The highest BCUT2D eigenvalue weighted by Gasteiger charge is 2.07. The van der Waals surface area contributed by atoms with Crippen LogP contribution >= 0.6 is 0 Å². The van der Waals surface area contributed by atoms with Gasteiger partial charge in [0, 0.05) is 60.9 Å². The van der Waals surface area contributed by atoms with Crippen molar-refractivity contribution in [1.82, 2.24) is 9.97 Å². The smallest absolute Gasteiger partial charge is 0.169 e. The summed E-state index contributed by atoms with van der Waals surface area (Å²) in [6, 6.07) is 20.8. The predicted molar refractivity (Wildman–Crippen MR) is 108 cm³/mol. The Morgan fingerprint density at radius 2 is 0.964 bits per heavy atom. The van der Waals surface area contributed by atoms with Gasteiger partial charge in [-0.2, -0.15) is 0 Å². The number of aryl methyl sites for hydroxylation is 4. The molecule has 0 unspecified atom stereocenters. The Bertz CT molecular complexity index is 897. The van der Waals surface area contributed by atoms with Crippen LogP contribution in [-0.2, 0) is 25.9 Å². The quantitative estimate of drug-likeness (QED) is 0.470. The van der Waals surface area contributed by atoms with Crippen molar-refractivity contribution >= 4 is 0 Å². The minimum Gasteiger partial charge on any atom is -0.261 e. The van der Waals surface area contributed by atoms with Crippen molar-refractivity contribution in [3.63, 3.8) is 0 Å². The molecule has 0 atom stereocenters. The second kappa shape index (κ2) is 9.00. The first-order valence-electron chi connectivity index (χ1n) is 9.65. The molecule has 28 heavy (non-hydrogen) atoms. The van der Waals surface area contributed by atoms with Crippen molar-refractivity contribution in [2.75, 3.05) is 0 Å². The van der Waals surface area contributed by atoms with Gasteiger partial charge in [-0.3, -0.25) is 9.97 Å². The van der Waals surface area contributed by atoms with E-state index in [0.717, 1.165) is 37.3 Å². The molecule has 0 spiro atoms. The second-order valence-electron chi connectivity index (χ2n) is 6.79. The highest BCUT2D eigenvalue weighted by atomic mass is 14.9. The minimum absolute atomic E-state index is 0.930. The van der Waals surface area contributed by atoms with Crippen molar-refractivity contribution < 1.29 is 9.13 Å². The summed E-state index contributed by atoms with van der Waals surface area (Å²) in [5.41, 5.74) is 4.70. The van der Waals surface area contributed by atoms with E-state index in [-0.39, 0.29) is 0 Å². The fraction of sp³-hybridized carbons (Fsp3) is 0.167. The van der Waals surface area contributed by atoms with Gasteiger partial charge in [0.25, 0.3) is 0 Å². The van der Waals surface area contributed by atoms with Crippen LogP contribution in [-0.4, -0.2) is 9.97 Å². The Morgan fingerprint density at radius 3 is 1.32 bits per heavy atom. The van der Waals surface area contributed by atoms with Crippen molar-refractivity contribution in [1.29, 1.82) is 0 Å². The Kier molecular flexibility index (Phi) is 5.78. The first-order valence-corrected chi connectivity index (χ1v) is 9.65. The van der Waals surface area contributed by atoms with Crippen molar-refractivity contribution in [3.05, 3.63) is 109 Å². The van der Waals surface area contributed by atoms with E-state index in [1.54, 1.807) is 0 Å². The van der Waals surface area contributed by atoms with Gasteiger partial charge in [-0.05, 0) is 35.4 Å². The van der Waals surface area contributed by atoms with Crippen LogP contribution in [0.5, 0.6) is 0 Å². The average Bonchev–Trinajstić information content (AvgIpc) is 2.78. The van der Waals surface area contributed by atoms with Gasteiger partial charge in [0.1, 0.15) is 0 Å². The molecule has 0 fully saturated rings. The number of pyridine rings is 4. The Labute approximate surface area is 165 Å². The Balaban J connectivity index is 1.34. The largest absolute Gasteiger partial charge is 0.261 e. The lowest BCUT2D eigenvalue weighted by molar-refractivity contribution is -0.696. The first kappa shape index (κ1) is 18.0. The summed E-state index contributed by atoms with van der Waals surface area (Å²) in [4.78, 5) is 8.76. The Morgan fingerprint density at radius 1 is 0.536 bits per heavy atom. The molecule has 0 aliphatic carbocycles. The molecule has 0 aromatic carbocycles. The maximum atomic E-state index is 4.38. The molecular formula is C24H24N4+2. The molecule has 0 saturated carbocycles. The predicted octanol–water partition coefficient (Wildman–Crippen LogP) is 3.20. The third-order valence-corrected chi connectivity index (χ3v) is 4.82. The lowest BCUT2D eigenvalue weighted by atomic mass is 10.1. The van der Waals surface area contributed by atoms with Crippen LogP contribution in [0.3, 0.4) is 0 Å². The van der Waals surface area contributed by atoms with Gasteiger partial charge in [-0.25, -0.2) is 9.13 Å². The molecule has 0 aliphatic heterocycles. The number of nitrogens with zero attached hydrogens (tertiary/aromatic N) is 4. The first-order chi connectivity index (χ1) is 13.9. The molecule has 4 nitrogen and oxygen atoms in total. The van der Waals surface area contributed by atoms with Crippen LogP contribution in [0.2, 0.25) is 0 Å². The second-order valence-corrected chi connectivity index (χ2v) is 6.79. The van der Waals surface area contributed by atoms with E-state index < -0.39 is 0 Å². The summed E-state index contributed by atoms with van der Waals surface area (Å²) in [5.74, 6) is 0. The zero-order valence-electron chi connectivity index (χ0n) is 15.9. The molecule has 0 bridgehead atoms. The van der Waals surface area contributed by atoms with E-state index in [0.29, 0.717) is 0 Å². The molecule has 4 aromatic rings. The average molecular weight is 368 g/mol. The van der Waals surface area contributed by atoms with Crippen molar-refractivity contribution in [2.45, 2.75) is 25.9 Å². The molecule has 4 heteroatoms. The SMILES string of the molecule is c1ccc(CC[n+]2ccc(-c3cc[n+](CCc4ccccn4)cc3)cc2)nc1. The highest BCUT2D eigenvalue weighted by molar-refractivity contribution is 5.60. The van der Waals surface area contributed by atoms with Gasteiger partial charge in [0.2, 0.25) is 0 Å². The van der Waals surface area contributed by atoms with Gasteiger partial charge >= 0.3 is 0 Å². The van der Waals surface area contributed by atoms with Crippen molar-refractivity contribution in [3.8, 4) is 11.1 Å². The van der Waals surface area contributed by atoms with Crippen molar-refractivity contribution in [2.24, 2.45) is 0 Å². The third-order valence-electron chi connectivity index (χ3n) is 4.82. The van der Waals surface area contributed by atoms with E-state index in [1.807, 2.05) is 36.7 Å². The summed E-state index contributed by atoms with van der Waals surface area (Å²) in [5, 5.41) is 0. The van der Waals surface area contributed by atoms with E-state index >= 15 is 0 Å². The maximum Gasteiger partial charge on any atom is 0.169 e. The standard InChI is InChI=1S/C24H24N4/c1-3-13-25-23(5-1)11-19-27-15-7-21(8-16-27)22-9-17-28(18-10-22)20-12-24-6-2-4-14-26-24/h1-10,13-18H,11-12,19-20H2/q+2. The van der Waals surface area contributed by atoms with Gasteiger partial charge in [-0.1, -0.05) is 12.1 Å². The monoisotopic (exact) mass is 368 g/mol. The molecule has 0 N–H and O–H groups in total. The summed E-state index contributed by atoms with van der Waals surface area (Å²) in [6.45, 7) is 1.86. The van der Waals surface area contributed by atoms with Gasteiger partial charge in [-0.15, -0.1) is 0 Å². The summed E-state index contributed by atoms with van der Waals surface area (Å²) in [7, 11) is 0.